The van der Waals surface area contributed by atoms with E-state index in [0.717, 1.165) is 25.7 Å². The Kier molecular flexibility index (Phi) is 10.2. The zero-order valence-electron chi connectivity index (χ0n) is 20.9. The monoisotopic (exact) mass is 460 g/mol. The minimum atomic E-state index is -1.85. The number of carboxylic acids is 1. The highest BCUT2D eigenvalue weighted by atomic mass is 28.4. The normalized spacial score (nSPS) is 21.1. The molecule has 0 aromatic rings. The Labute approximate surface area is 196 Å². The second kappa shape index (κ2) is 12.2. The smallest absolute Gasteiger partial charge is 0.307 e. The SMILES string of the molecule is CC(C)(C)[Si](C)(C)O[C@@H](CCC1=CCC(=O)[C@@H]1CCC=C=CCC(=O)O)C1CCCCC1. The van der Waals surface area contributed by atoms with Crippen molar-refractivity contribution in [3.05, 3.63) is 29.5 Å². The molecule has 180 valence electrons. The van der Waals surface area contributed by atoms with Crippen LogP contribution in [0.2, 0.25) is 18.1 Å². The van der Waals surface area contributed by atoms with E-state index in [1.54, 1.807) is 0 Å². The summed E-state index contributed by atoms with van der Waals surface area (Å²) in [6, 6.07) is 0. The summed E-state index contributed by atoms with van der Waals surface area (Å²) < 4.78 is 6.97. The maximum Gasteiger partial charge on any atom is 0.307 e. The first-order valence-electron chi connectivity index (χ1n) is 12.5. The molecule has 32 heavy (non-hydrogen) atoms. The molecule has 0 saturated heterocycles. The summed E-state index contributed by atoms with van der Waals surface area (Å²) in [5, 5.41) is 8.88. The number of hydrogen-bond acceptors (Lipinski definition) is 3. The van der Waals surface area contributed by atoms with Crippen LogP contribution in [0.4, 0.5) is 0 Å². The van der Waals surface area contributed by atoms with Crippen LogP contribution in [0.15, 0.2) is 29.5 Å². The Morgan fingerprint density at radius 1 is 1.25 bits per heavy atom. The molecule has 0 aromatic heterocycles. The molecule has 0 radical (unpaired) electrons. The number of carbonyl (C=O) groups is 2. The second-order valence-corrected chi connectivity index (χ2v) is 15.9. The molecular weight excluding hydrogens is 416 g/mol. The lowest BCUT2D eigenvalue weighted by Crippen LogP contribution is -2.46. The first kappa shape index (κ1) is 26.8. The van der Waals surface area contributed by atoms with E-state index in [9.17, 15) is 9.59 Å². The quantitative estimate of drug-likeness (QED) is 0.201. The lowest BCUT2D eigenvalue weighted by atomic mass is 9.82. The number of aliphatic carboxylic acids is 1. The standard InChI is InChI=1S/C27H44O4Si/c1-27(2,3)32(4,5)31-25(22-13-9-8-10-14-22)20-18-21-17-19-24(28)23(21)15-11-6-7-12-16-26(29)30/h6,12,17,22-23,25H,8-11,13-16,18-20H2,1-5H3,(H,29,30)/t7?,23-,25+/m1/s1. The van der Waals surface area contributed by atoms with E-state index in [1.165, 1.54) is 43.8 Å². The van der Waals surface area contributed by atoms with E-state index in [0.29, 0.717) is 24.2 Å². The van der Waals surface area contributed by atoms with Gasteiger partial charge >= 0.3 is 5.97 Å². The molecule has 1 saturated carbocycles. The second-order valence-electron chi connectivity index (χ2n) is 11.1. The number of ketones is 1. The Hall–Kier alpha value is -1.42. The lowest BCUT2D eigenvalue weighted by molar-refractivity contribution is -0.136. The third-order valence-electron chi connectivity index (χ3n) is 7.66. The molecule has 2 atom stereocenters. The van der Waals surface area contributed by atoms with Gasteiger partial charge in [-0.2, -0.15) is 0 Å². The van der Waals surface area contributed by atoms with Crippen LogP contribution in [0.1, 0.15) is 91.4 Å². The first-order chi connectivity index (χ1) is 15.0. The number of allylic oxidation sites excluding steroid dienone is 2. The molecule has 2 aliphatic rings. The van der Waals surface area contributed by atoms with Crippen molar-refractivity contribution in [2.24, 2.45) is 11.8 Å². The molecule has 0 bridgehead atoms. The van der Waals surface area contributed by atoms with Gasteiger partial charge in [0.15, 0.2) is 8.32 Å². The molecule has 4 nitrogen and oxygen atoms in total. The van der Waals surface area contributed by atoms with Gasteiger partial charge in [-0.05, 0) is 74.7 Å². The predicted molar refractivity (Wildman–Crippen MR) is 133 cm³/mol. The van der Waals surface area contributed by atoms with E-state index in [4.69, 9.17) is 9.53 Å². The summed E-state index contributed by atoms with van der Waals surface area (Å²) in [4.78, 5) is 23.1. The Morgan fingerprint density at radius 3 is 2.56 bits per heavy atom. The maximum absolute atomic E-state index is 12.5. The van der Waals surface area contributed by atoms with Crippen LogP contribution < -0.4 is 0 Å². The van der Waals surface area contributed by atoms with Crippen LogP contribution in [0.5, 0.6) is 0 Å². The van der Waals surface area contributed by atoms with Gasteiger partial charge in [0.05, 0.1) is 6.42 Å². The molecule has 2 aliphatic carbocycles. The predicted octanol–water partition coefficient (Wildman–Crippen LogP) is 7.22. The van der Waals surface area contributed by atoms with E-state index in [2.05, 4.69) is 45.7 Å². The summed E-state index contributed by atoms with van der Waals surface area (Å²) in [5.41, 5.74) is 4.22. The third kappa shape index (κ3) is 8.17. The van der Waals surface area contributed by atoms with Gasteiger partial charge in [0.2, 0.25) is 0 Å². The Bertz CT molecular complexity index is 731. The molecule has 0 spiro atoms. The van der Waals surface area contributed by atoms with Crippen LogP contribution in [0, 0.1) is 11.8 Å². The first-order valence-corrected chi connectivity index (χ1v) is 15.4. The van der Waals surface area contributed by atoms with Gasteiger partial charge in [-0.15, -0.1) is 5.73 Å². The van der Waals surface area contributed by atoms with Crippen LogP contribution in [-0.4, -0.2) is 31.3 Å². The summed E-state index contributed by atoms with van der Waals surface area (Å²) in [6.07, 6.45) is 16.4. The molecule has 2 rings (SSSR count). The van der Waals surface area contributed by atoms with E-state index in [1.807, 2.05) is 6.08 Å². The van der Waals surface area contributed by atoms with Crippen LogP contribution in [0.3, 0.4) is 0 Å². The minimum absolute atomic E-state index is 0.00685. The molecule has 0 aliphatic heterocycles. The van der Waals surface area contributed by atoms with Crippen molar-refractivity contribution in [3.63, 3.8) is 0 Å². The van der Waals surface area contributed by atoms with Crippen molar-refractivity contribution in [1.82, 2.24) is 0 Å². The average molecular weight is 461 g/mol. The van der Waals surface area contributed by atoms with Gasteiger partial charge in [0.1, 0.15) is 5.78 Å². The lowest BCUT2D eigenvalue weighted by Gasteiger charge is -2.42. The molecule has 1 fully saturated rings. The Balaban J connectivity index is 1.99. The highest BCUT2D eigenvalue weighted by Gasteiger charge is 2.41. The topological polar surface area (TPSA) is 63.6 Å². The number of carbonyl (C=O) groups excluding carboxylic acids is 1. The van der Waals surface area contributed by atoms with E-state index < -0.39 is 14.3 Å². The van der Waals surface area contributed by atoms with Crippen LogP contribution in [0.25, 0.3) is 0 Å². The zero-order chi connectivity index (χ0) is 23.8. The molecule has 1 N–H and O–H groups in total. The van der Waals surface area contributed by atoms with Crippen LogP contribution >= 0.6 is 0 Å². The third-order valence-corrected chi connectivity index (χ3v) is 12.2. The van der Waals surface area contributed by atoms with Crippen molar-refractivity contribution in [2.75, 3.05) is 0 Å². The number of Topliss-reactive ketones (excluding diaryl/α,β-unsaturated/α-hetero) is 1. The molecule has 0 heterocycles. The van der Waals surface area contributed by atoms with Crippen LogP contribution in [-0.2, 0) is 14.0 Å². The number of carboxylic acid groups (broad SMARTS) is 1. The fourth-order valence-corrected chi connectivity index (χ4v) is 6.09. The molecule has 5 heteroatoms. The number of rotatable bonds is 11. The fourth-order valence-electron chi connectivity index (χ4n) is 4.67. The van der Waals surface area contributed by atoms with Gasteiger partial charge in [0.25, 0.3) is 0 Å². The largest absolute Gasteiger partial charge is 0.481 e. The zero-order valence-corrected chi connectivity index (χ0v) is 21.9. The van der Waals surface area contributed by atoms with Gasteiger partial charge in [-0.25, -0.2) is 0 Å². The maximum atomic E-state index is 12.5. The van der Waals surface area contributed by atoms with Crippen molar-refractivity contribution in [1.29, 1.82) is 0 Å². The van der Waals surface area contributed by atoms with Gasteiger partial charge in [-0.1, -0.05) is 51.7 Å². The van der Waals surface area contributed by atoms with Gasteiger partial charge in [-0.3, -0.25) is 9.59 Å². The minimum Gasteiger partial charge on any atom is -0.481 e. The molecule has 0 unspecified atom stereocenters. The van der Waals surface area contributed by atoms with E-state index >= 15 is 0 Å². The van der Waals surface area contributed by atoms with Crippen molar-refractivity contribution in [2.45, 2.75) is 116 Å². The highest BCUT2D eigenvalue weighted by Crippen LogP contribution is 2.41. The van der Waals surface area contributed by atoms with Crippen molar-refractivity contribution < 1.29 is 19.1 Å². The summed E-state index contributed by atoms with van der Waals surface area (Å²) in [7, 11) is -1.85. The summed E-state index contributed by atoms with van der Waals surface area (Å²) >= 11 is 0. The average Bonchev–Trinajstić information content (AvgIpc) is 3.07. The Morgan fingerprint density at radius 2 is 1.94 bits per heavy atom. The summed E-state index contributed by atoms with van der Waals surface area (Å²) in [6.45, 7) is 11.6. The van der Waals surface area contributed by atoms with Gasteiger partial charge in [0, 0.05) is 18.4 Å². The van der Waals surface area contributed by atoms with E-state index in [-0.39, 0.29) is 17.4 Å². The molecule has 0 amide bonds. The molecule has 0 aromatic carbocycles. The van der Waals surface area contributed by atoms with Gasteiger partial charge < -0.3 is 9.53 Å². The van der Waals surface area contributed by atoms with Crippen molar-refractivity contribution in [3.8, 4) is 0 Å². The molecular formula is C27H44O4Si. The summed E-state index contributed by atoms with van der Waals surface area (Å²) in [5.74, 6) is 0.126. The highest BCUT2D eigenvalue weighted by molar-refractivity contribution is 6.74. The number of hydrogen-bond donors (Lipinski definition) is 1. The fraction of sp³-hybridized carbons (Fsp3) is 0.741. The van der Waals surface area contributed by atoms with Crippen molar-refractivity contribution >= 4 is 20.1 Å².